The van der Waals surface area contributed by atoms with E-state index in [0.717, 1.165) is 25.8 Å². The Kier molecular flexibility index (Phi) is 17.8. The molecule has 0 bridgehead atoms. The lowest BCUT2D eigenvalue weighted by Gasteiger charge is -2.45. The van der Waals surface area contributed by atoms with E-state index in [1.165, 1.54) is 11.8 Å². The zero-order valence-electron chi connectivity index (χ0n) is 23.4. The van der Waals surface area contributed by atoms with Crippen molar-refractivity contribution in [2.75, 3.05) is 25.7 Å². The maximum absolute atomic E-state index is 12.2. The molecule has 33 heavy (non-hydrogen) atoms. The molecule has 6 nitrogen and oxygen atoms in total. The largest absolute Gasteiger partial charge is 0.368 e. The summed E-state index contributed by atoms with van der Waals surface area (Å²) in [7, 11) is -0.899. The molecule has 0 saturated carbocycles. The summed E-state index contributed by atoms with van der Waals surface area (Å²) in [6.45, 7) is 26.2. The van der Waals surface area contributed by atoms with Gasteiger partial charge in [0.1, 0.15) is 0 Å². The third-order valence-corrected chi connectivity index (χ3v) is 9.97. The van der Waals surface area contributed by atoms with Gasteiger partial charge in [-0.3, -0.25) is 4.79 Å². The third kappa shape index (κ3) is 12.2. The first-order valence-corrected chi connectivity index (χ1v) is 15.1. The Hall–Kier alpha value is 0.250. The number of carbonyl (C=O) groups excluding carboxylic acids is 1. The van der Waals surface area contributed by atoms with Gasteiger partial charge in [-0.15, -0.1) is 0 Å². The standard InChI is InChI=1S/C25H54N3O3PS/c1-12-25(13-2,14-3)26-16-15-24(29)33-19-30-17-18-31-32(27(20(4)5)21(6)7)28(22(8)9)23(10)11/h20-23,26H,12-19H2,1-11H3. The first kappa shape index (κ1) is 33.2. The fourth-order valence-corrected chi connectivity index (χ4v) is 7.11. The van der Waals surface area contributed by atoms with Crippen LogP contribution in [0.3, 0.4) is 0 Å². The highest BCUT2D eigenvalue weighted by molar-refractivity contribution is 8.13. The average Bonchev–Trinajstić information content (AvgIpc) is 2.72. The minimum Gasteiger partial charge on any atom is -0.368 e. The van der Waals surface area contributed by atoms with E-state index in [1.54, 1.807) is 0 Å². The van der Waals surface area contributed by atoms with Crippen molar-refractivity contribution in [3.63, 3.8) is 0 Å². The highest BCUT2D eigenvalue weighted by Crippen LogP contribution is 2.50. The first-order chi connectivity index (χ1) is 15.5. The Morgan fingerprint density at radius 2 is 1.30 bits per heavy atom. The van der Waals surface area contributed by atoms with Crippen LogP contribution in [0.1, 0.15) is 102 Å². The van der Waals surface area contributed by atoms with Gasteiger partial charge in [-0.2, -0.15) is 0 Å². The molecular formula is C25H54N3O3PS. The van der Waals surface area contributed by atoms with Gasteiger partial charge < -0.3 is 14.6 Å². The van der Waals surface area contributed by atoms with Crippen molar-refractivity contribution in [3.8, 4) is 0 Å². The number of hydrogen-bond donors (Lipinski definition) is 1. The zero-order valence-corrected chi connectivity index (χ0v) is 25.2. The molecule has 0 aliphatic rings. The van der Waals surface area contributed by atoms with Crippen LogP contribution in [0.4, 0.5) is 0 Å². The van der Waals surface area contributed by atoms with E-state index in [-0.39, 0.29) is 10.7 Å². The summed E-state index contributed by atoms with van der Waals surface area (Å²) in [4.78, 5) is 12.2. The van der Waals surface area contributed by atoms with Crippen molar-refractivity contribution in [3.05, 3.63) is 0 Å². The molecule has 8 heteroatoms. The van der Waals surface area contributed by atoms with E-state index >= 15 is 0 Å². The summed E-state index contributed by atoms with van der Waals surface area (Å²) in [5, 5.41) is 3.77. The Balaban J connectivity index is 4.55. The molecule has 1 N–H and O–H groups in total. The Bertz CT molecular complexity index is 473. The smallest absolute Gasteiger partial charge is 0.192 e. The van der Waals surface area contributed by atoms with Crippen molar-refractivity contribution >= 4 is 25.3 Å². The number of thioether (sulfide) groups is 1. The Morgan fingerprint density at radius 3 is 1.70 bits per heavy atom. The Labute approximate surface area is 211 Å². The maximum Gasteiger partial charge on any atom is 0.192 e. The van der Waals surface area contributed by atoms with Gasteiger partial charge in [0, 0.05) is 42.7 Å². The molecule has 0 heterocycles. The molecule has 0 aliphatic carbocycles. The number of rotatable bonds is 19. The van der Waals surface area contributed by atoms with Crippen LogP contribution in [0.2, 0.25) is 0 Å². The van der Waals surface area contributed by atoms with E-state index < -0.39 is 8.45 Å². The van der Waals surface area contributed by atoms with Gasteiger partial charge in [-0.1, -0.05) is 32.5 Å². The fourth-order valence-electron chi connectivity index (χ4n) is 4.21. The highest BCUT2D eigenvalue weighted by atomic mass is 32.2. The first-order valence-electron chi connectivity index (χ1n) is 12.9. The summed E-state index contributed by atoms with van der Waals surface area (Å²) in [5.74, 6) is 0.386. The maximum atomic E-state index is 12.2. The molecule has 0 unspecified atom stereocenters. The molecule has 0 aromatic carbocycles. The molecule has 0 rings (SSSR count). The predicted octanol–water partition coefficient (Wildman–Crippen LogP) is 6.65. The summed E-state index contributed by atoms with van der Waals surface area (Å²) >= 11 is 1.27. The van der Waals surface area contributed by atoms with Crippen molar-refractivity contribution in [1.82, 2.24) is 14.7 Å². The fraction of sp³-hybridized carbons (Fsp3) is 0.960. The van der Waals surface area contributed by atoms with Gasteiger partial charge in [-0.05, 0) is 74.7 Å². The molecule has 198 valence electrons. The van der Waals surface area contributed by atoms with Crippen LogP contribution in [0.15, 0.2) is 0 Å². The van der Waals surface area contributed by atoms with Crippen LogP contribution in [-0.4, -0.2) is 69.9 Å². The Morgan fingerprint density at radius 1 is 0.848 bits per heavy atom. The lowest BCUT2D eigenvalue weighted by atomic mass is 9.90. The van der Waals surface area contributed by atoms with Crippen LogP contribution < -0.4 is 5.32 Å². The normalized spacial score (nSPS) is 13.2. The summed E-state index contributed by atoms with van der Waals surface area (Å²) in [6, 6.07) is 1.58. The highest BCUT2D eigenvalue weighted by Gasteiger charge is 2.34. The van der Waals surface area contributed by atoms with Crippen LogP contribution >= 0.6 is 20.2 Å². The summed E-state index contributed by atoms with van der Waals surface area (Å²) < 4.78 is 17.1. The minimum absolute atomic E-state index is 0.164. The van der Waals surface area contributed by atoms with E-state index in [2.05, 4.69) is 90.8 Å². The number of ether oxygens (including phenoxy) is 1. The van der Waals surface area contributed by atoms with Gasteiger partial charge in [0.15, 0.2) is 13.6 Å². The molecule has 0 saturated heterocycles. The van der Waals surface area contributed by atoms with Crippen molar-refractivity contribution in [2.45, 2.75) is 132 Å². The van der Waals surface area contributed by atoms with Gasteiger partial charge >= 0.3 is 0 Å². The van der Waals surface area contributed by atoms with E-state index in [0.29, 0.717) is 49.7 Å². The van der Waals surface area contributed by atoms with Crippen molar-refractivity contribution in [2.24, 2.45) is 0 Å². The lowest BCUT2D eigenvalue weighted by Crippen LogP contribution is -2.44. The quantitative estimate of drug-likeness (QED) is 0.119. The van der Waals surface area contributed by atoms with Gasteiger partial charge in [0.25, 0.3) is 0 Å². The zero-order chi connectivity index (χ0) is 25.6. The molecule has 0 amide bonds. The van der Waals surface area contributed by atoms with E-state index in [1.807, 2.05) is 0 Å². The molecule has 0 radical (unpaired) electrons. The van der Waals surface area contributed by atoms with Gasteiger partial charge in [0.05, 0.1) is 19.2 Å². The number of nitrogens with one attached hydrogen (secondary N) is 1. The predicted molar refractivity (Wildman–Crippen MR) is 147 cm³/mol. The molecule has 0 atom stereocenters. The van der Waals surface area contributed by atoms with Crippen LogP contribution in [0.25, 0.3) is 0 Å². The number of nitrogens with zero attached hydrogens (tertiary/aromatic N) is 2. The van der Waals surface area contributed by atoms with Crippen molar-refractivity contribution in [1.29, 1.82) is 0 Å². The van der Waals surface area contributed by atoms with E-state index in [9.17, 15) is 4.79 Å². The van der Waals surface area contributed by atoms with Crippen LogP contribution in [-0.2, 0) is 14.1 Å². The summed E-state index contributed by atoms with van der Waals surface area (Å²) in [5.41, 5.74) is 0.164. The van der Waals surface area contributed by atoms with Gasteiger partial charge in [0.2, 0.25) is 0 Å². The number of carbonyl (C=O) groups is 1. The van der Waals surface area contributed by atoms with Crippen LogP contribution in [0.5, 0.6) is 0 Å². The third-order valence-electron chi connectivity index (χ3n) is 6.11. The summed E-state index contributed by atoms with van der Waals surface area (Å²) in [6.07, 6.45) is 3.79. The second-order valence-corrected chi connectivity index (χ2v) is 12.4. The second kappa shape index (κ2) is 17.6. The minimum atomic E-state index is -0.899. The lowest BCUT2D eigenvalue weighted by molar-refractivity contribution is -0.111. The second-order valence-electron chi connectivity index (χ2n) is 9.78. The monoisotopic (exact) mass is 507 g/mol. The average molecular weight is 508 g/mol. The van der Waals surface area contributed by atoms with Crippen LogP contribution in [0, 0.1) is 0 Å². The topological polar surface area (TPSA) is 54.0 Å². The van der Waals surface area contributed by atoms with Gasteiger partial charge in [-0.25, -0.2) is 9.34 Å². The molecule has 0 spiro atoms. The number of hydrogen-bond acceptors (Lipinski definition) is 7. The van der Waals surface area contributed by atoms with E-state index in [4.69, 9.17) is 9.26 Å². The SMILES string of the molecule is CCC(CC)(CC)NCCC(=O)SCOCCOP(N(C(C)C)C(C)C)N(C(C)C)C(C)C. The molecule has 0 fully saturated rings. The molecular weight excluding hydrogens is 453 g/mol. The van der Waals surface area contributed by atoms with Crippen molar-refractivity contribution < 1.29 is 14.1 Å². The molecule has 0 aromatic heterocycles. The molecule has 0 aromatic rings. The molecule has 0 aliphatic heterocycles.